The summed E-state index contributed by atoms with van der Waals surface area (Å²) in [6, 6.07) is 1.99. The van der Waals surface area contributed by atoms with Crippen molar-refractivity contribution in [3.8, 4) is 0 Å². The van der Waals surface area contributed by atoms with Gasteiger partial charge in [0.05, 0.1) is 11.6 Å². The first-order valence-corrected chi connectivity index (χ1v) is 10.6. The minimum atomic E-state index is -0.0325. The van der Waals surface area contributed by atoms with Crippen LogP contribution >= 0.6 is 11.3 Å². The topological polar surface area (TPSA) is 66.7 Å². The Morgan fingerprint density at radius 2 is 2.08 bits per heavy atom. The Hall–Kier alpha value is -1.73. The van der Waals surface area contributed by atoms with Crippen LogP contribution in [0.15, 0.2) is 22.4 Å². The molecule has 140 valence electrons. The lowest BCUT2D eigenvalue weighted by Gasteiger charge is -2.33. The van der Waals surface area contributed by atoms with E-state index in [0.717, 1.165) is 49.4 Å². The average molecular weight is 375 g/mol. The van der Waals surface area contributed by atoms with Gasteiger partial charge in [-0.3, -0.25) is 18.9 Å². The second-order valence-electron chi connectivity index (χ2n) is 7.56. The number of piperidine rings is 1. The number of thiazole rings is 1. The summed E-state index contributed by atoms with van der Waals surface area (Å²) in [5.74, 6) is 0.264. The van der Waals surface area contributed by atoms with E-state index in [2.05, 4.69) is 15.2 Å². The predicted octanol–water partition coefficient (Wildman–Crippen LogP) is 2.42. The van der Waals surface area contributed by atoms with Crippen molar-refractivity contribution in [2.24, 2.45) is 5.92 Å². The van der Waals surface area contributed by atoms with Crippen molar-refractivity contribution in [2.45, 2.75) is 57.5 Å². The van der Waals surface area contributed by atoms with E-state index in [1.54, 1.807) is 16.7 Å². The lowest BCUT2D eigenvalue weighted by molar-refractivity contribution is -0.127. The molecule has 7 heteroatoms. The molecule has 1 saturated heterocycles. The lowest BCUT2D eigenvalue weighted by Crippen LogP contribution is -2.46. The molecule has 3 heterocycles. The van der Waals surface area contributed by atoms with Crippen LogP contribution in [0.1, 0.15) is 50.6 Å². The van der Waals surface area contributed by atoms with Crippen molar-refractivity contribution >= 4 is 22.2 Å². The second-order valence-corrected chi connectivity index (χ2v) is 8.43. The normalized spacial score (nSPS) is 22.5. The Morgan fingerprint density at radius 3 is 2.92 bits per heavy atom. The number of likely N-dealkylation sites (tertiary alicyclic amines) is 1. The number of nitrogens with zero attached hydrogens (tertiary/aromatic N) is 3. The molecule has 2 fully saturated rings. The number of carbonyl (C=O) groups is 1. The van der Waals surface area contributed by atoms with Gasteiger partial charge < -0.3 is 5.32 Å². The first kappa shape index (κ1) is 17.7. The largest absolute Gasteiger partial charge is 0.353 e. The highest BCUT2D eigenvalue weighted by Crippen LogP contribution is 2.21. The number of nitrogens with one attached hydrogen (secondary N) is 1. The molecule has 26 heavy (non-hydrogen) atoms. The Balaban J connectivity index is 1.38. The van der Waals surface area contributed by atoms with E-state index in [4.69, 9.17) is 0 Å². The molecule has 4 rings (SSSR count). The van der Waals surface area contributed by atoms with Crippen LogP contribution in [0.3, 0.4) is 0 Å². The van der Waals surface area contributed by atoms with Gasteiger partial charge in [0.15, 0.2) is 4.96 Å². The number of hydrogen-bond acceptors (Lipinski definition) is 5. The monoisotopic (exact) mass is 374 g/mol. The molecule has 1 aliphatic carbocycles. The van der Waals surface area contributed by atoms with Crippen molar-refractivity contribution in [1.82, 2.24) is 19.6 Å². The van der Waals surface area contributed by atoms with Crippen molar-refractivity contribution in [2.75, 3.05) is 13.1 Å². The van der Waals surface area contributed by atoms with Crippen LogP contribution in [0.2, 0.25) is 0 Å². The molecule has 2 aromatic heterocycles. The number of fused-ring (bicyclic) bond motifs is 1. The maximum Gasteiger partial charge on any atom is 0.258 e. The van der Waals surface area contributed by atoms with E-state index >= 15 is 0 Å². The van der Waals surface area contributed by atoms with Crippen LogP contribution in [0.5, 0.6) is 0 Å². The minimum absolute atomic E-state index is 0.0325. The highest BCUT2D eigenvalue weighted by atomic mass is 32.1. The second kappa shape index (κ2) is 7.88. The molecule has 0 radical (unpaired) electrons. The highest BCUT2D eigenvalue weighted by Gasteiger charge is 2.28. The van der Waals surface area contributed by atoms with E-state index in [0.29, 0.717) is 12.6 Å². The highest BCUT2D eigenvalue weighted by molar-refractivity contribution is 7.15. The molecular formula is C19H26N4O2S. The fraction of sp³-hybridized carbons (Fsp3) is 0.632. The number of amides is 1. The van der Waals surface area contributed by atoms with Gasteiger partial charge in [-0.15, -0.1) is 11.3 Å². The SMILES string of the molecule is O=C(NC1CCCCC1)[C@H]1CCCN(Cc2cc(=O)n3ccsc3n2)C1. The molecule has 0 spiro atoms. The predicted molar refractivity (Wildman–Crippen MR) is 102 cm³/mol. The van der Waals surface area contributed by atoms with Crippen molar-refractivity contribution in [1.29, 1.82) is 0 Å². The smallest absolute Gasteiger partial charge is 0.258 e. The van der Waals surface area contributed by atoms with Gasteiger partial charge in [-0.1, -0.05) is 19.3 Å². The van der Waals surface area contributed by atoms with Gasteiger partial charge in [-0.05, 0) is 32.2 Å². The molecule has 2 aliphatic rings. The molecule has 0 aromatic carbocycles. The van der Waals surface area contributed by atoms with Crippen LogP contribution in [0.25, 0.3) is 4.96 Å². The quantitative estimate of drug-likeness (QED) is 0.892. The van der Waals surface area contributed by atoms with Crippen molar-refractivity contribution < 1.29 is 4.79 Å². The third-order valence-corrected chi connectivity index (χ3v) is 6.33. The van der Waals surface area contributed by atoms with Gasteiger partial charge in [-0.25, -0.2) is 4.98 Å². The summed E-state index contributed by atoms with van der Waals surface area (Å²) in [4.78, 5) is 32.4. The first-order chi connectivity index (χ1) is 12.7. The summed E-state index contributed by atoms with van der Waals surface area (Å²) in [7, 11) is 0. The molecule has 1 saturated carbocycles. The molecule has 2 aromatic rings. The molecule has 1 atom stereocenters. The van der Waals surface area contributed by atoms with Crippen LogP contribution in [-0.2, 0) is 11.3 Å². The minimum Gasteiger partial charge on any atom is -0.353 e. The van der Waals surface area contributed by atoms with Crippen LogP contribution in [0, 0.1) is 5.92 Å². The third kappa shape index (κ3) is 3.99. The fourth-order valence-corrected chi connectivity index (χ4v) is 4.92. The summed E-state index contributed by atoms with van der Waals surface area (Å²) in [5.41, 5.74) is 0.764. The van der Waals surface area contributed by atoms with Crippen LogP contribution in [0.4, 0.5) is 0 Å². The summed E-state index contributed by atoms with van der Waals surface area (Å²) in [6.45, 7) is 2.35. The first-order valence-electron chi connectivity index (χ1n) is 9.67. The molecule has 1 amide bonds. The summed E-state index contributed by atoms with van der Waals surface area (Å²) < 4.78 is 1.57. The maximum atomic E-state index is 12.7. The van der Waals surface area contributed by atoms with Crippen molar-refractivity contribution in [3.05, 3.63) is 33.7 Å². The van der Waals surface area contributed by atoms with Crippen LogP contribution in [-0.4, -0.2) is 39.3 Å². The van der Waals surface area contributed by atoms with Gasteiger partial charge in [0, 0.05) is 36.8 Å². The summed E-state index contributed by atoms with van der Waals surface area (Å²) in [5, 5.41) is 5.14. The Morgan fingerprint density at radius 1 is 1.23 bits per heavy atom. The van der Waals surface area contributed by atoms with Crippen molar-refractivity contribution in [3.63, 3.8) is 0 Å². The molecule has 1 N–H and O–H groups in total. The fourth-order valence-electron chi connectivity index (χ4n) is 4.18. The Labute approximate surface area is 157 Å². The van der Waals surface area contributed by atoms with E-state index in [1.165, 1.54) is 30.6 Å². The molecular weight excluding hydrogens is 348 g/mol. The van der Waals surface area contributed by atoms with E-state index < -0.39 is 0 Å². The standard InChI is InChI=1S/C19H26N4O2S/c24-17-11-16(21-19-23(17)9-10-26-19)13-22-8-4-5-14(12-22)18(25)20-15-6-2-1-3-7-15/h9-11,14-15H,1-8,12-13H2,(H,20,25)/t14-/m0/s1. The van der Waals surface area contributed by atoms with Gasteiger partial charge in [-0.2, -0.15) is 0 Å². The van der Waals surface area contributed by atoms with Gasteiger partial charge >= 0.3 is 0 Å². The van der Waals surface area contributed by atoms with Gasteiger partial charge in [0.2, 0.25) is 5.91 Å². The molecule has 0 bridgehead atoms. The zero-order valence-corrected chi connectivity index (χ0v) is 15.8. The van der Waals surface area contributed by atoms with E-state index in [9.17, 15) is 9.59 Å². The zero-order valence-electron chi connectivity index (χ0n) is 15.0. The summed E-state index contributed by atoms with van der Waals surface area (Å²) >= 11 is 1.47. The zero-order chi connectivity index (χ0) is 17.9. The number of hydrogen-bond donors (Lipinski definition) is 1. The molecule has 0 unspecified atom stereocenters. The third-order valence-electron chi connectivity index (χ3n) is 5.57. The Kier molecular flexibility index (Phi) is 5.36. The maximum absolute atomic E-state index is 12.7. The Bertz CT molecular complexity index is 824. The summed E-state index contributed by atoms with van der Waals surface area (Å²) in [6.07, 6.45) is 9.73. The molecule has 6 nitrogen and oxygen atoms in total. The number of rotatable bonds is 4. The van der Waals surface area contributed by atoms with Gasteiger partial charge in [0.25, 0.3) is 5.56 Å². The van der Waals surface area contributed by atoms with E-state index in [1.807, 2.05) is 5.38 Å². The number of aromatic nitrogens is 2. The lowest BCUT2D eigenvalue weighted by atomic mass is 9.93. The number of carbonyl (C=O) groups excluding carboxylic acids is 1. The van der Waals surface area contributed by atoms with Crippen LogP contribution < -0.4 is 10.9 Å². The van der Waals surface area contributed by atoms with Gasteiger partial charge in [0.1, 0.15) is 0 Å². The average Bonchev–Trinajstić information content (AvgIpc) is 3.12. The van der Waals surface area contributed by atoms with E-state index in [-0.39, 0.29) is 17.4 Å². The molecule has 1 aliphatic heterocycles.